The van der Waals surface area contributed by atoms with E-state index >= 15 is 0 Å². The lowest BCUT2D eigenvalue weighted by Crippen LogP contribution is -2.42. The Kier molecular flexibility index (Phi) is 19.6. The largest absolute Gasteiger partial charge is 0.494 e. The molecule has 0 aliphatic carbocycles. The molecule has 13 aromatic heterocycles. The minimum Gasteiger partial charge on any atom is -0.494 e. The number of aryl methyl sites for hydroxylation is 2. The zero-order chi connectivity index (χ0) is 83.0. The van der Waals surface area contributed by atoms with Crippen LogP contribution in [0.15, 0.2) is 147 Å². The molecule has 0 atom stereocenters. The predicted molar refractivity (Wildman–Crippen MR) is 391 cm³/mol. The summed E-state index contributed by atoms with van der Waals surface area (Å²) in [4.78, 5) is 129. The van der Waals surface area contributed by atoms with E-state index in [1.54, 1.807) is 86.6 Å². The molecule has 118 heavy (non-hydrogen) atoms. The normalized spacial score (nSPS) is 13.5. The van der Waals surface area contributed by atoms with Crippen molar-refractivity contribution < 1.29 is 82.1 Å². The molecule has 3 aliphatic heterocycles. The maximum atomic E-state index is 14.8. The number of methoxy groups -OCH3 is 2. The van der Waals surface area contributed by atoms with Gasteiger partial charge in [0.05, 0.1) is 137 Å². The lowest BCUT2D eigenvalue weighted by Gasteiger charge is -2.28. The van der Waals surface area contributed by atoms with Crippen LogP contribution in [-0.2, 0) is 72.2 Å². The molecule has 0 saturated carbocycles. The quantitative estimate of drug-likeness (QED) is 0.0517. The van der Waals surface area contributed by atoms with Crippen molar-refractivity contribution in [3.05, 3.63) is 216 Å². The van der Waals surface area contributed by atoms with Crippen LogP contribution in [0.5, 0.6) is 11.5 Å². The molecule has 0 radical (unpaired) electrons. The van der Waals surface area contributed by atoms with Gasteiger partial charge in [-0.2, -0.15) is 49.7 Å². The molecule has 0 saturated heterocycles. The fraction of sp³-hybridized carbons (Fsp3) is 0.213. The molecule has 3 aliphatic rings. The maximum Gasteiger partial charge on any atom is 0.435 e. The number of carbonyl (C=O) groups excluding carboxylic acids is 6. The number of H-pyrrole nitrogens is 3. The predicted octanol–water partition coefficient (Wildman–Crippen LogP) is 9.92. The zero-order valence-electron chi connectivity index (χ0n) is 61.6. The number of alkyl halides is 9. The highest BCUT2D eigenvalue weighted by molar-refractivity contribution is 6.46. The van der Waals surface area contributed by atoms with Crippen LogP contribution in [0.2, 0.25) is 0 Å². The van der Waals surface area contributed by atoms with E-state index in [-0.39, 0.29) is 144 Å². The first kappa shape index (κ1) is 77.0. The lowest BCUT2D eigenvalue weighted by molar-refractivity contribution is -0.141. The Balaban J connectivity index is 0.000000132. The molecule has 2 aromatic carbocycles. The highest BCUT2D eigenvalue weighted by Crippen LogP contribution is 2.43. The van der Waals surface area contributed by atoms with Crippen LogP contribution in [-0.4, -0.2) is 192 Å². The molecule has 0 unspecified atom stereocenters. The van der Waals surface area contributed by atoms with Gasteiger partial charge in [0.1, 0.15) is 53.3 Å². The Bertz CT molecular complexity index is 6200. The van der Waals surface area contributed by atoms with Gasteiger partial charge in [0.2, 0.25) is 0 Å². The van der Waals surface area contributed by atoms with Crippen molar-refractivity contribution in [2.75, 3.05) is 33.9 Å². The van der Waals surface area contributed by atoms with E-state index in [1.807, 2.05) is 0 Å². The molecule has 3 amide bonds. The third kappa shape index (κ3) is 14.0. The van der Waals surface area contributed by atoms with E-state index in [9.17, 15) is 72.7 Å². The monoisotopic (exact) mass is 1630 g/mol. The topological polar surface area (TPSA) is 375 Å². The lowest BCUT2D eigenvalue weighted by atomic mass is 10.1. The molecule has 43 heteroatoms. The van der Waals surface area contributed by atoms with E-state index in [1.165, 1.54) is 120 Å². The first-order valence-corrected chi connectivity index (χ1v) is 35.5. The number of nitrogens with one attached hydrogen (secondary N) is 3. The van der Waals surface area contributed by atoms with Gasteiger partial charge in [-0.05, 0) is 26.0 Å². The summed E-state index contributed by atoms with van der Waals surface area (Å²) < 4.78 is 159. The first-order chi connectivity index (χ1) is 56.6. The molecular formula is C75H57F10N25O8. The summed E-state index contributed by atoms with van der Waals surface area (Å²) in [5, 5.41) is 16.5. The van der Waals surface area contributed by atoms with Gasteiger partial charge >= 0.3 is 18.5 Å². The van der Waals surface area contributed by atoms with Gasteiger partial charge in [-0.1, -0.05) is 71.9 Å². The van der Waals surface area contributed by atoms with Crippen molar-refractivity contribution >= 4 is 67.8 Å². The van der Waals surface area contributed by atoms with Crippen LogP contribution in [0, 0.1) is 19.7 Å². The number of benzene rings is 2. The molecule has 0 bridgehead atoms. The average Bonchev–Trinajstić information content (AvgIpc) is 1.62. The number of halogens is 10. The number of hydrogen-bond acceptors (Lipinski definition) is 21. The number of pyridine rings is 4. The fourth-order valence-corrected chi connectivity index (χ4v) is 14.3. The van der Waals surface area contributed by atoms with Crippen molar-refractivity contribution in [1.29, 1.82) is 0 Å². The smallest absolute Gasteiger partial charge is 0.435 e. The summed E-state index contributed by atoms with van der Waals surface area (Å²) in [7, 11) is 2.81. The van der Waals surface area contributed by atoms with Gasteiger partial charge in [0.25, 0.3) is 35.1 Å². The van der Waals surface area contributed by atoms with Gasteiger partial charge in [0, 0.05) is 75.2 Å². The number of imidazole rings is 3. The number of amides is 3. The van der Waals surface area contributed by atoms with Gasteiger partial charge in [-0.25, -0.2) is 58.3 Å². The second kappa shape index (κ2) is 30.1. The number of nitrogens with zero attached hydrogens (tertiary/aromatic N) is 22. The summed E-state index contributed by atoms with van der Waals surface area (Å²) in [6.45, 7) is 2.56. The molecular weight excluding hydrogens is 1570 g/mol. The van der Waals surface area contributed by atoms with Crippen LogP contribution in [0.3, 0.4) is 0 Å². The van der Waals surface area contributed by atoms with E-state index < -0.39 is 76.5 Å². The number of ketones is 3. The van der Waals surface area contributed by atoms with Gasteiger partial charge in [0.15, 0.2) is 40.4 Å². The Morgan fingerprint density at radius 1 is 0.432 bits per heavy atom. The van der Waals surface area contributed by atoms with E-state index in [0.717, 1.165) is 11.1 Å². The second-order valence-corrected chi connectivity index (χ2v) is 26.6. The molecule has 15 aromatic rings. The molecule has 600 valence electrons. The maximum absolute atomic E-state index is 14.8. The van der Waals surface area contributed by atoms with E-state index in [2.05, 4.69) is 80.3 Å². The minimum atomic E-state index is -4.74. The summed E-state index contributed by atoms with van der Waals surface area (Å²) in [6, 6.07) is 20.8. The fourth-order valence-electron chi connectivity index (χ4n) is 14.3. The van der Waals surface area contributed by atoms with Crippen LogP contribution in [0.25, 0.3) is 84.1 Å². The molecule has 18 rings (SSSR count). The zero-order valence-corrected chi connectivity index (χ0v) is 61.6. The molecule has 16 heterocycles. The third-order valence-corrected chi connectivity index (χ3v) is 19.6. The Hall–Kier alpha value is -15.0. The van der Waals surface area contributed by atoms with Gasteiger partial charge in [-0.3, -0.25) is 33.8 Å². The summed E-state index contributed by atoms with van der Waals surface area (Å²) in [5.74, 6) is -3.92. The minimum absolute atomic E-state index is 0.000263. The number of aromatic nitrogens is 22. The third-order valence-electron chi connectivity index (χ3n) is 19.6. The first-order valence-electron chi connectivity index (χ1n) is 35.5. The van der Waals surface area contributed by atoms with Crippen molar-refractivity contribution in [3.8, 4) is 62.9 Å². The standard InChI is InChI=1S/C26H21F3N8O3.C25H20F3N9O3.C24H16F4N8O2/c1-14-32-13-37(34-14)24-20-19(17(40-2)11-31-24)16(10-30-20)22(38)25(39)35-8-9-36-18(12-35)33-23(26(27,28)29)21(36)15-6-4-3-5-7-15;1-13-32-12-37(34-13)23-19-18(16(40-2)10-31-23)14(9-30-19)21(38)24(39)35-7-8-36-17(11-35)33-22(25(26,27)28)20(36)15-5-3-4-6-29-15;25-15-11-30-22(36-7-6-31-33-36)18-17(15)14(10-29-18)20(37)23(38)34-8-9-35-16(12-34)32-21(24(26,27)28)19(35)13-4-2-1-3-5-13/h3-7,10-11,13,30H,8-9,12H2,1-2H3;3-6,9-10,12,30H,7-8,11H2,1-2H3;1-7,10-11,29H,8-9,12H2. The number of fused-ring (bicyclic) bond motifs is 6. The van der Waals surface area contributed by atoms with Crippen LogP contribution in [0.1, 0.15) is 77.3 Å². The number of rotatable bonds is 14. The Morgan fingerprint density at radius 3 is 1.19 bits per heavy atom. The van der Waals surface area contributed by atoms with Gasteiger partial charge < -0.3 is 52.8 Å². The molecule has 0 spiro atoms. The summed E-state index contributed by atoms with van der Waals surface area (Å²) in [5.41, 5.74) is -1.97. The highest BCUT2D eigenvalue weighted by atomic mass is 19.4. The molecule has 33 nitrogen and oxygen atoms in total. The number of hydrogen-bond donors (Lipinski definition) is 3. The summed E-state index contributed by atoms with van der Waals surface area (Å²) >= 11 is 0. The number of Topliss-reactive ketones (excluding diaryl/α,β-unsaturated/α-hetero) is 3. The van der Waals surface area contributed by atoms with E-state index in [4.69, 9.17) is 9.47 Å². The summed E-state index contributed by atoms with van der Waals surface area (Å²) in [6.07, 6.45) is 0.669. The van der Waals surface area contributed by atoms with E-state index in [0.29, 0.717) is 56.2 Å². The highest BCUT2D eigenvalue weighted by Gasteiger charge is 2.45. The van der Waals surface area contributed by atoms with Crippen molar-refractivity contribution in [2.24, 2.45) is 0 Å². The number of aromatic amines is 3. The number of carbonyl (C=O) groups is 6. The second-order valence-electron chi connectivity index (χ2n) is 26.6. The molecule has 0 fully saturated rings. The molecule has 3 N–H and O–H groups in total. The van der Waals surface area contributed by atoms with Crippen LogP contribution < -0.4 is 9.47 Å². The van der Waals surface area contributed by atoms with Crippen molar-refractivity contribution in [2.45, 2.75) is 71.6 Å². The SMILES string of the molecule is COc1cnc(-n2cnc(C)n2)c2[nH]cc(C(=O)C(=O)N3CCn4c(nc(C(F)(F)F)c4-c4ccccc4)C3)c12.COc1cnc(-n2cnc(C)n2)c2[nH]cc(C(=O)C(=O)N3CCn4c(nc(C(F)(F)F)c4-c4ccccn4)C3)c12.O=C(C(=O)N1CCn2c(nc(C(F)(F)F)c2-c2ccccc2)C1)c1c[nH]c2c(-n3ccnn3)ncc(F)c12. The average molecular weight is 1630 g/mol. The number of ether oxygens (including phenoxy) is 2. The van der Waals surface area contributed by atoms with Crippen LogP contribution >= 0.6 is 0 Å². The Labute approximate surface area is 654 Å². The van der Waals surface area contributed by atoms with Crippen molar-refractivity contribution in [3.63, 3.8) is 0 Å². The van der Waals surface area contributed by atoms with Gasteiger partial charge in [-0.15, -0.1) is 5.10 Å². The van der Waals surface area contributed by atoms with Crippen molar-refractivity contribution in [1.82, 2.24) is 123 Å². The van der Waals surface area contributed by atoms with Crippen LogP contribution in [0.4, 0.5) is 43.9 Å². The Morgan fingerprint density at radius 2 is 0.814 bits per heavy atom.